The molecular weight excluding hydrogens is 544 g/mol. The van der Waals surface area contributed by atoms with Crippen molar-refractivity contribution in [3.05, 3.63) is 107 Å². The van der Waals surface area contributed by atoms with E-state index in [4.69, 9.17) is 4.74 Å². The predicted molar refractivity (Wildman–Crippen MR) is 156 cm³/mol. The Morgan fingerprint density at radius 3 is 1.88 bits per heavy atom. The van der Waals surface area contributed by atoms with E-state index < -0.39 is 35.5 Å². The first kappa shape index (κ1) is 27.1. The second-order valence-corrected chi connectivity index (χ2v) is 11.9. The zero-order valence-corrected chi connectivity index (χ0v) is 23.8. The lowest BCUT2D eigenvalue weighted by Gasteiger charge is -2.44. The van der Waals surface area contributed by atoms with Crippen LogP contribution in [0.2, 0.25) is 0 Å². The molecule has 0 aromatic heterocycles. The zero-order chi connectivity index (χ0) is 29.8. The number of ether oxygens (including phenoxy) is 1. The number of hydrogen-bond acceptors (Lipinski definition) is 6. The lowest BCUT2D eigenvalue weighted by Crippen LogP contribution is -2.43. The number of fused-ring (bicyclic) bond motifs is 4. The van der Waals surface area contributed by atoms with E-state index >= 15 is 0 Å². The van der Waals surface area contributed by atoms with Crippen LogP contribution in [-0.2, 0) is 32.3 Å². The first-order valence-corrected chi connectivity index (χ1v) is 14.7. The average Bonchev–Trinajstić information content (AvgIpc) is 3.41. The molecule has 3 aromatic rings. The van der Waals surface area contributed by atoms with Crippen molar-refractivity contribution >= 4 is 23.6 Å². The summed E-state index contributed by atoms with van der Waals surface area (Å²) < 4.78 is 5.67. The van der Waals surface area contributed by atoms with Crippen LogP contribution in [0.5, 0.6) is 11.5 Å². The highest BCUT2D eigenvalue weighted by molar-refractivity contribution is 6.08. The minimum atomic E-state index is -0.759. The fraction of sp³-hybridized carbons (Fsp3) is 0.314. The van der Waals surface area contributed by atoms with Crippen molar-refractivity contribution in [1.29, 1.82) is 0 Å². The summed E-state index contributed by atoms with van der Waals surface area (Å²) in [6.45, 7) is 0.340. The Hall–Kier alpha value is -4.72. The number of amides is 4. The van der Waals surface area contributed by atoms with Gasteiger partial charge in [-0.3, -0.25) is 29.0 Å². The summed E-state index contributed by atoms with van der Waals surface area (Å²) in [5, 5.41) is 11.2. The molecule has 4 amide bonds. The molecule has 43 heavy (non-hydrogen) atoms. The van der Waals surface area contributed by atoms with E-state index in [-0.39, 0.29) is 48.9 Å². The van der Waals surface area contributed by atoms with Crippen LogP contribution in [0.3, 0.4) is 0 Å². The maximum atomic E-state index is 14.1. The SMILES string of the molecule is COc1cccc(O)c1C1C2=CCC3C(=O)N(Cc4ccccc4)C(=O)C3C2CC2C(=O)N(Cc3ccccc3)C(=O)C21. The van der Waals surface area contributed by atoms with E-state index in [0.29, 0.717) is 17.7 Å². The Morgan fingerprint density at radius 1 is 0.698 bits per heavy atom. The summed E-state index contributed by atoms with van der Waals surface area (Å²) >= 11 is 0. The third-order valence-corrected chi connectivity index (χ3v) is 9.77. The van der Waals surface area contributed by atoms with Crippen LogP contribution >= 0.6 is 0 Å². The van der Waals surface area contributed by atoms with Gasteiger partial charge in [0.15, 0.2) is 0 Å². The topological polar surface area (TPSA) is 104 Å². The molecule has 1 N–H and O–H groups in total. The largest absolute Gasteiger partial charge is 0.508 e. The van der Waals surface area contributed by atoms with Crippen LogP contribution in [0.4, 0.5) is 0 Å². The average molecular weight is 577 g/mol. The Balaban J connectivity index is 1.31. The molecule has 4 aliphatic rings. The molecule has 2 aliphatic carbocycles. The van der Waals surface area contributed by atoms with E-state index in [0.717, 1.165) is 16.7 Å². The van der Waals surface area contributed by atoms with Crippen molar-refractivity contribution in [2.75, 3.05) is 7.11 Å². The number of aromatic hydroxyl groups is 1. The van der Waals surface area contributed by atoms with Crippen molar-refractivity contribution < 1.29 is 29.0 Å². The van der Waals surface area contributed by atoms with Crippen LogP contribution in [0.25, 0.3) is 0 Å². The summed E-state index contributed by atoms with van der Waals surface area (Å²) in [7, 11) is 1.51. The molecule has 0 spiro atoms. The van der Waals surface area contributed by atoms with Gasteiger partial charge in [-0.05, 0) is 42.0 Å². The van der Waals surface area contributed by atoms with Gasteiger partial charge in [0.25, 0.3) is 0 Å². The molecule has 6 unspecified atom stereocenters. The van der Waals surface area contributed by atoms with Gasteiger partial charge in [-0.25, -0.2) is 0 Å². The van der Waals surface area contributed by atoms with E-state index in [9.17, 15) is 24.3 Å². The molecule has 3 aromatic carbocycles. The van der Waals surface area contributed by atoms with Crippen LogP contribution in [0.1, 0.15) is 35.4 Å². The minimum Gasteiger partial charge on any atom is -0.508 e. The van der Waals surface area contributed by atoms with Crippen molar-refractivity contribution in [1.82, 2.24) is 9.80 Å². The number of allylic oxidation sites excluding steroid dienone is 2. The fourth-order valence-corrected chi connectivity index (χ4v) is 7.91. The summed E-state index contributed by atoms with van der Waals surface area (Å²) in [4.78, 5) is 58.5. The van der Waals surface area contributed by atoms with Gasteiger partial charge < -0.3 is 9.84 Å². The molecule has 8 nitrogen and oxygen atoms in total. The number of nitrogens with zero attached hydrogens (tertiary/aromatic N) is 2. The van der Waals surface area contributed by atoms with Gasteiger partial charge in [0.05, 0.1) is 43.9 Å². The third kappa shape index (κ3) is 4.27. The molecule has 8 heteroatoms. The monoisotopic (exact) mass is 576 g/mol. The molecule has 2 heterocycles. The number of phenolic OH excluding ortho intramolecular Hbond substituents is 1. The highest BCUT2D eigenvalue weighted by atomic mass is 16.5. The Kier molecular flexibility index (Phi) is 6.64. The number of rotatable bonds is 6. The molecule has 3 fully saturated rings. The number of likely N-dealkylation sites (tertiary alicyclic amines) is 2. The van der Waals surface area contributed by atoms with E-state index in [1.54, 1.807) is 18.2 Å². The van der Waals surface area contributed by atoms with Gasteiger partial charge in [-0.15, -0.1) is 0 Å². The number of hydrogen-bond donors (Lipinski definition) is 1. The number of carbonyl (C=O) groups excluding carboxylic acids is 4. The lowest BCUT2D eigenvalue weighted by atomic mass is 9.57. The maximum absolute atomic E-state index is 14.1. The van der Waals surface area contributed by atoms with E-state index in [1.165, 1.54) is 16.9 Å². The molecule has 7 rings (SSSR count). The fourth-order valence-electron chi connectivity index (χ4n) is 7.91. The summed E-state index contributed by atoms with van der Waals surface area (Å²) in [5.74, 6) is -4.37. The number of methoxy groups -OCH3 is 1. The number of carbonyl (C=O) groups is 4. The van der Waals surface area contributed by atoms with E-state index in [1.807, 2.05) is 66.7 Å². The first-order valence-electron chi connectivity index (χ1n) is 14.7. The number of phenols is 1. The number of benzene rings is 3. The van der Waals surface area contributed by atoms with Crippen molar-refractivity contribution in [2.45, 2.75) is 31.8 Å². The van der Waals surface area contributed by atoms with Gasteiger partial charge in [0.2, 0.25) is 23.6 Å². The van der Waals surface area contributed by atoms with Crippen LogP contribution in [-0.4, -0.2) is 45.6 Å². The third-order valence-electron chi connectivity index (χ3n) is 9.77. The number of imide groups is 2. The van der Waals surface area contributed by atoms with Crippen LogP contribution in [0.15, 0.2) is 90.5 Å². The van der Waals surface area contributed by atoms with Crippen LogP contribution < -0.4 is 4.74 Å². The van der Waals surface area contributed by atoms with Gasteiger partial charge >= 0.3 is 0 Å². The highest BCUT2D eigenvalue weighted by Crippen LogP contribution is 2.60. The summed E-state index contributed by atoms with van der Waals surface area (Å²) in [5.41, 5.74) is 2.97. The second-order valence-electron chi connectivity index (χ2n) is 11.9. The molecule has 2 saturated heterocycles. The summed E-state index contributed by atoms with van der Waals surface area (Å²) in [6.07, 6.45) is 2.62. The van der Waals surface area contributed by atoms with Gasteiger partial charge in [-0.1, -0.05) is 78.4 Å². The Bertz CT molecular complexity index is 1650. The summed E-state index contributed by atoms with van der Waals surface area (Å²) in [6, 6.07) is 23.8. The smallest absolute Gasteiger partial charge is 0.234 e. The minimum absolute atomic E-state index is 0.0342. The highest BCUT2D eigenvalue weighted by Gasteiger charge is 2.62. The lowest BCUT2D eigenvalue weighted by molar-refractivity contribution is -0.142. The first-order chi connectivity index (χ1) is 20.9. The Labute approximate surface area is 249 Å². The van der Waals surface area contributed by atoms with E-state index in [2.05, 4.69) is 0 Å². The van der Waals surface area contributed by atoms with Gasteiger partial charge in [-0.2, -0.15) is 0 Å². The van der Waals surface area contributed by atoms with Crippen LogP contribution in [0, 0.1) is 29.6 Å². The molecule has 2 aliphatic heterocycles. The standard InChI is InChI=1S/C35H32N2O6/c1-43-27-14-8-13-26(38)31(27)29-22-15-16-23-28(34(41)36(32(23)39)18-20-9-4-2-5-10-20)24(22)17-25-30(29)35(42)37(33(25)40)19-21-11-6-3-7-12-21/h2-15,23-25,28-30,38H,16-19H2,1H3. The van der Waals surface area contributed by atoms with Crippen molar-refractivity contribution in [2.24, 2.45) is 29.6 Å². The molecule has 1 saturated carbocycles. The second kappa shape index (κ2) is 10.5. The molecule has 0 radical (unpaired) electrons. The van der Waals surface area contributed by atoms with Crippen molar-refractivity contribution in [3.8, 4) is 11.5 Å². The van der Waals surface area contributed by atoms with Gasteiger partial charge in [0, 0.05) is 11.5 Å². The zero-order valence-electron chi connectivity index (χ0n) is 23.8. The predicted octanol–water partition coefficient (Wildman–Crippen LogP) is 4.44. The normalized spacial score (nSPS) is 28.0. The van der Waals surface area contributed by atoms with Crippen molar-refractivity contribution in [3.63, 3.8) is 0 Å². The molecule has 0 bridgehead atoms. The van der Waals surface area contributed by atoms with Gasteiger partial charge in [0.1, 0.15) is 11.5 Å². The maximum Gasteiger partial charge on any atom is 0.234 e. The molecule has 6 atom stereocenters. The molecular formula is C35H32N2O6. The molecule has 218 valence electrons. The quantitative estimate of drug-likeness (QED) is 0.344. The Morgan fingerprint density at radius 2 is 1.28 bits per heavy atom.